The maximum absolute atomic E-state index is 13.0. The Balaban J connectivity index is 1.92. The minimum atomic E-state index is -1.58. The van der Waals surface area contributed by atoms with Crippen LogP contribution in [0.1, 0.15) is 316 Å². The zero-order valence-electron chi connectivity index (χ0n) is 54.1. The number of allylic oxidation sites excluding steroid dienone is 11. The zero-order valence-corrected chi connectivity index (χ0v) is 54.1. The van der Waals surface area contributed by atoms with Crippen molar-refractivity contribution in [2.75, 3.05) is 19.8 Å². The number of esters is 1. The quantitative estimate of drug-likeness (QED) is 0.0195. The topological polar surface area (TPSA) is 175 Å². The normalized spacial score (nSPS) is 18.5. The first-order valence-corrected chi connectivity index (χ1v) is 35.2. The number of ether oxygens (including phenoxy) is 3. The summed E-state index contributed by atoms with van der Waals surface area (Å²) in [4.78, 5) is 25.0. The Kier molecular flexibility index (Phi) is 58.1. The lowest BCUT2D eigenvalue weighted by Gasteiger charge is -2.40. The van der Waals surface area contributed by atoms with Crippen LogP contribution in [0.2, 0.25) is 0 Å². The van der Waals surface area contributed by atoms with E-state index >= 15 is 0 Å². The van der Waals surface area contributed by atoms with Crippen molar-refractivity contribution < 1.29 is 49.3 Å². The number of carbonyl (C=O) groups is 2. The molecule has 1 amide bonds. The molecule has 1 rings (SSSR count). The predicted molar refractivity (Wildman–Crippen MR) is 352 cm³/mol. The first-order chi connectivity index (χ1) is 41.2. The fourth-order valence-corrected chi connectivity index (χ4v) is 10.8. The van der Waals surface area contributed by atoms with Gasteiger partial charge in [-0.1, -0.05) is 266 Å². The molecule has 7 unspecified atom stereocenters. The average Bonchev–Trinajstić information content (AvgIpc) is 3.23. The minimum Gasteiger partial charge on any atom is -0.466 e. The van der Waals surface area contributed by atoms with E-state index in [0.29, 0.717) is 19.4 Å². The molecule has 11 nitrogen and oxygen atoms in total. The van der Waals surface area contributed by atoms with Crippen LogP contribution in [0.4, 0.5) is 0 Å². The van der Waals surface area contributed by atoms with Crippen LogP contribution in [0.25, 0.3) is 0 Å². The van der Waals surface area contributed by atoms with E-state index in [1.54, 1.807) is 6.08 Å². The predicted octanol–water partition coefficient (Wildman–Crippen LogP) is 17.9. The van der Waals surface area contributed by atoms with E-state index in [1.807, 2.05) is 19.1 Å². The molecule has 11 heteroatoms. The molecule has 0 aromatic heterocycles. The fourth-order valence-electron chi connectivity index (χ4n) is 10.8. The Morgan fingerprint density at radius 3 is 1.32 bits per heavy atom. The lowest BCUT2D eigenvalue weighted by atomic mass is 9.99. The van der Waals surface area contributed by atoms with Gasteiger partial charge in [0.25, 0.3) is 0 Å². The summed E-state index contributed by atoms with van der Waals surface area (Å²) in [6.07, 6.45) is 73.7. The van der Waals surface area contributed by atoms with Crippen molar-refractivity contribution in [1.82, 2.24) is 5.32 Å². The third-order valence-corrected chi connectivity index (χ3v) is 16.3. The second-order valence-corrected chi connectivity index (χ2v) is 24.2. The highest BCUT2D eigenvalue weighted by atomic mass is 16.7. The second kappa shape index (κ2) is 61.7. The van der Waals surface area contributed by atoms with Crippen LogP contribution in [0.3, 0.4) is 0 Å². The summed E-state index contributed by atoms with van der Waals surface area (Å²) < 4.78 is 16.7. The lowest BCUT2D eigenvalue weighted by molar-refractivity contribution is -0.302. The van der Waals surface area contributed by atoms with Gasteiger partial charge in [0.2, 0.25) is 5.91 Å². The highest BCUT2D eigenvalue weighted by Gasteiger charge is 2.44. The number of hydrogen-bond donors (Lipinski definition) is 6. The molecule has 0 radical (unpaired) electrons. The van der Waals surface area contributed by atoms with E-state index in [-0.39, 0.29) is 18.5 Å². The third-order valence-electron chi connectivity index (χ3n) is 16.3. The van der Waals surface area contributed by atoms with Crippen molar-refractivity contribution in [3.63, 3.8) is 0 Å². The van der Waals surface area contributed by atoms with Gasteiger partial charge < -0.3 is 45.1 Å². The van der Waals surface area contributed by atoms with Crippen molar-refractivity contribution in [2.24, 2.45) is 0 Å². The highest BCUT2D eigenvalue weighted by molar-refractivity contribution is 5.76. The molecule has 0 aromatic rings. The molecule has 0 aliphatic carbocycles. The molecule has 1 fully saturated rings. The van der Waals surface area contributed by atoms with Crippen LogP contribution in [0.5, 0.6) is 0 Å². The number of carbonyl (C=O) groups excluding carboxylic acids is 2. The molecule has 0 aromatic carbocycles. The third kappa shape index (κ3) is 50.1. The summed E-state index contributed by atoms with van der Waals surface area (Å²) >= 11 is 0. The van der Waals surface area contributed by atoms with Crippen LogP contribution in [-0.4, -0.2) is 100 Å². The van der Waals surface area contributed by atoms with E-state index in [4.69, 9.17) is 14.2 Å². The van der Waals surface area contributed by atoms with Gasteiger partial charge in [0.15, 0.2) is 6.29 Å². The van der Waals surface area contributed by atoms with Crippen molar-refractivity contribution in [2.45, 2.75) is 358 Å². The maximum Gasteiger partial charge on any atom is 0.305 e. The van der Waals surface area contributed by atoms with Crippen LogP contribution in [0.15, 0.2) is 72.9 Å². The first kappa shape index (κ1) is 79.1. The monoisotopic (exact) mass is 1180 g/mol. The molecule has 1 heterocycles. The maximum atomic E-state index is 13.0. The molecule has 6 N–H and O–H groups in total. The van der Waals surface area contributed by atoms with Crippen LogP contribution in [-0.2, 0) is 23.8 Å². The second-order valence-electron chi connectivity index (χ2n) is 24.2. The molecule has 0 bridgehead atoms. The highest BCUT2D eigenvalue weighted by Crippen LogP contribution is 2.23. The zero-order chi connectivity index (χ0) is 60.9. The van der Waals surface area contributed by atoms with Gasteiger partial charge in [-0.25, -0.2) is 0 Å². The van der Waals surface area contributed by atoms with Gasteiger partial charge >= 0.3 is 5.97 Å². The van der Waals surface area contributed by atoms with Crippen molar-refractivity contribution in [3.8, 4) is 0 Å². The number of aliphatic hydroxyl groups excluding tert-OH is 5. The summed E-state index contributed by atoms with van der Waals surface area (Å²) in [5.74, 6) is -0.198. The SMILES string of the molecule is C/C=C/CC/C=C/CC/C=C/C(O)C(COC1OC(CO)C(O)C(O)C1O)NC(=O)CCCCCCCCCCCCCCCCCCC/C=C\C/C=C\CCCCCCCCCCCCCOC(=O)CCCCCCC/C=C\CCCCC. The number of unbranched alkanes of at least 4 members (excludes halogenated alkanes) is 38. The Hall–Kier alpha value is -2.90. The molecule has 0 spiro atoms. The summed E-state index contributed by atoms with van der Waals surface area (Å²) in [5.41, 5.74) is 0. The number of aliphatic hydroxyl groups is 5. The summed E-state index contributed by atoms with van der Waals surface area (Å²) in [7, 11) is 0. The summed E-state index contributed by atoms with van der Waals surface area (Å²) in [6.45, 7) is 4.08. The van der Waals surface area contributed by atoms with Gasteiger partial charge in [-0.05, 0) is 110 Å². The Bertz CT molecular complexity index is 1630. The van der Waals surface area contributed by atoms with Gasteiger partial charge in [0.05, 0.1) is 32.0 Å². The average molecular weight is 1180 g/mol. The molecular formula is C73H131NO10. The van der Waals surface area contributed by atoms with Crippen LogP contribution in [0, 0.1) is 0 Å². The minimum absolute atomic E-state index is 0.000934. The Labute approximate surface area is 515 Å². The first-order valence-electron chi connectivity index (χ1n) is 35.2. The summed E-state index contributed by atoms with van der Waals surface area (Å²) in [5, 5.41) is 54.2. The van der Waals surface area contributed by atoms with E-state index in [1.165, 1.54) is 218 Å². The molecule has 84 heavy (non-hydrogen) atoms. The molecule has 488 valence electrons. The molecule has 1 saturated heterocycles. The molecule has 1 aliphatic heterocycles. The van der Waals surface area contributed by atoms with E-state index in [9.17, 15) is 35.1 Å². The number of nitrogens with one attached hydrogen (secondary N) is 1. The van der Waals surface area contributed by atoms with Crippen LogP contribution < -0.4 is 5.32 Å². The molecular weight excluding hydrogens is 1050 g/mol. The van der Waals surface area contributed by atoms with Gasteiger partial charge in [-0.3, -0.25) is 9.59 Å². The van der Waals surface area contributed by atoms with Gasteiger partial charge in [0.1, 0.15) is 24.4 Å². The smallest absolute Gasteiger partial charge is 0.305 e. The van der Waals surface area contributed by atoms with Gasteiger partial charge in [0, 0.05) is 12.8 Å². The molecule has 0 saturated carbocycles. The fraction of sp³-hybridized carbons (Fsp3) is 0.808. The standard InChI is InChI=1S/C73H131NO10/c1-3-5-7-9-11-13-14-41-45-49-53-57-61-69(78)82-62-58-54-50-46-42-39-37-35-33-31-29-27-25-23-21-19-17-15-16-18-20-22-24-26-28-30-32-34-36-38-40-44-48-52-56-60-68(77)74-65(66(76)59-55-51-47-43-12-10-8-6-4-2)64-83-73-72(81)71(80)70(79)67(63-75)84-73/h4,6,11-13,17,19,23,25,43,55,59,65-67,70-73,75-76,79-81H,3,5,7-10,14-16,18,20-22,24,26-42,44-54,56-58,60-64H2,1-2H3,(H,74,77)/b6-4+,13-11-,19-17-,25-23-,43-12+,59-55+. The van der Waals surface area contributed by atoms with Gasteiger partial charge in [-0.15, -0.1) is 0 Å². The number of hydrogen-bond acceptors (Lipinski definition) is 10. The Morgan fingerprint density at radius 1 is 0.464 bits per heavy atom. The van der Waals surface area contributed by atoms with Crippen molar-refractivity contribution in [1.29, 1.82) is 0 Å². The molecule has 7 atom stereocenters. The Morgan fingerprint density at radius 2 is 0.857 bits per heavy atom. The largest absolute Gasteiger partial charge is 0.466 e. The van der Waals surface area contributed by atoms with Crippen LogP contribution >= 0.6 is 0 Å². The van der Waals surface area contributed by atoms with Crippen molar-refractivity contribution in [3.05, 3.63) is 72.9 Å². The van der Waals surface area contributed by atoms with E-state index in [0.717, 1.165) is 70.6 Å². The lowest BCUT2D eigenvalue weighted by Crippen LogP contribution is -2.60. The number of rotatable bonds is 61. The summed E-state index contributed by atoms with van der Waals surface area (Å²) in [6, 6.07) is -0.833. The van der Waals surface area contributed by atoms with Crippen molar-refractivity contribution >= 4 is 11.9 Å². The number of amides is 1. The van der Waals surface area contributed by atoms with E-state index < -0.39 is 49.5 Å². The van der Waals surface area contributed by atoms with E-state index in [2.05, 4.69) is 66.9 Å². The molecule has 1 aliphatic rings. The van der Waals surface area contributed by atoms with Gasteiger partial charge in [-0.2, -0.15) is 0 Å².